The van der Waals surface area contributed by atoms with Gasteiger partial charge < -0.3 is 4.79 Å². The van der Waals surface area contributed by atoms with Crippen LogP contribution in [0, 0.1) is 0 Å². The van der Waals surface area contributed by atoms with Gasteiger partial charge in [-0.2, -0.15) is 0 Å². The van der Waals surface area contributed by atoms with Gasteiger partial charge >= 0.3 is 0 Å². The third kappa shape index (κ3) is 3.73. The fourth-order valence-corrected chi connectivity index (χ4v) is 1.67. The molecule has 0 spiro atoms. The Kier molecular flexibility index (Phi) is 4.16. The third-order valence-corrected chi connectivity index (χ3v) is 2.55. The average Bonchev–Trinajstić information content (AvgIpc) is 2.15. The van der Waals surface area contributed by atoms with Gasteiger partial charge in [0.15, 0.2) is 0 Å². The highest BCUT2D eigenvalue weighted by atomic mass is 16.1. The number of hydrogen-bond donors (Lipinski definition) is 0. The minimum Gasteiger partial charge on any atom is -0.300 e. The van der Waals surface area contributed by atoms with E-state index >= 15 is 0 Å². The Labute approximate surface area is 80.6 Å². The quantitative estimate of drug-likeness (QED) is 0.618. The highest BCUT2D eigenvalue weighted by Gasteiger charge is 2.10. The number of ketones is 1. The van der Waals surface area contributed by atoms with Gasteiger partial charge in [-0.15, -0.1) is 0 Å². The summed E-state index contributed by atoms with van der Waals surface area (Å²) in [6.07, 6.45) is 5.13. The molecular formula is C11H19NO. The largest absolute Gasteiger partial charge is 0.300 e. The van der Waals surface area contributed by atoms with E-state index in [1.165, 1.54) is 12.1 Å². The van der Waals surface area contributed by atoms with Crippen LogP contribution in [0.4, 0.5) is 0 Å². The molecule has 2 heteroatoms. The maximum absolute atomic E-state index is 10.8. The van der Waals surface area contributed by atoms with Crippen molar-refractivity contribution in [2.45, 2.75) is 33.1 Å². The summed E-state index contributed by atoms with van der Waals surface area (Å²) in [5.41, 5.74) is 1.45. The van der Waals surface area contributed by atoms with Crippen LogP contribution in [-0.4, -0.2) is 30.3 Å². The summed E-state index contributed by atoms with van der Waals surface area (Å²) < 4.78 is 0. The van der Waals surface area contributed by atoms with Crippen LogP contribution in [0.3, 0.4) is 0 Å². The van der Waals surface area contributed by atoms with Crippen molar-refractivity contribution in [3.63, 3.8) is 0 Å². The van der Waals surface area contributed by atoms with Crippen molar-refractivity contribution in [2.24, 2.45) is 0 Å². The molecule has 0 unspecified atom stereocenters. The van der Waals surface area contributed by atoms with Gasteiger partial charge in [-0.05, 0) is 26.3 Å². The molecule has 0 fully saturated rings. The fraction of sp³-hybridized carbons (Fsp3) is 0.727. The molecule has 0 saturated heterocycles. The Morgan fingerprint density at radius 3 is 3.00 bits per heavy atom. The van der Waals surface area contributed by atoms with Gasteiger partial charge in [-0.25, -0.2) is 0 Å². The number of carbonyl (C=O) groups is 1. The normalized spacial score (nSPS) is 18.5. The number of nitrogens with zero attached hydrogens (tertiary/aromatic N) is 1. The molecule has 0 radical (unpaired) electrons. The maximum atomic E-state index is 10.8. The highest BCUT2D eigenvalue weighted by molar-refractivity contribution is 5.75. The van der Waals surface area contributed by atoms with E-state index < -0.39 is 0 Å². The molecule has 2 nitrogen and oxygen atoms in total. The van der Waals surface area contributed by atoms with Gasteiger partial charge in [0.2, 0.25) is 0 Å². The molecule has 0 aromatic carbocycles. The molecule has 74 valence electrons. The summed E-state index contributed by atoms with van der Waals surface area (Å²) in [6.45, 7) is 7.23. The molecule has 1 aliphatic heterocycles. The van der Waals surface area contributed by atoms with Gasteiger partial charge in [0.25, 0.3) is 0 Å². The number of carbonyl (C=O) groups excluding carboxylic acids is 1. The first kappa shape index (κ1) is 10.5. The molecular weight excluding hydrogens is 162 g/mol. The number of rotatable bonds is 4. The summed E-state index contributed by atoms with van der Waals surface area (Å²) >= 11 is 0. The standard InChI is InChI=1S/C11H19NO/c1-3-12-8-4-5-11(9-12)7-6-10(2)13/h5H,3-4,6-9H2,1-2H3. The smallest absolute Gasteiger partial charge is 0.130 e. The topological polar surface area (TPSA) is 20.3 Å². The zero-order valence-electron chi connectivity index (χ0n) is 8.68. The molecule has 0 aromatic rings. The van der Waals surface area contributed by atoms with Crippen LogP contribution in [0.5, 0.6) is 0 Å². The van der Waals surface area contributed by atoms with E-state index in [1.807, 2.05) is 0 Å². The van der Waals surface area contributed by atoms with Crippen molar-refractivity contribution < 1.29 is 4.79 Å². The molecule has 0 saturated carbocycles. The summed E-state index contributed by atoms with van der Waals surface area (Å²) in [4.78, 5) is 13.2. The Morgan fingerprint density at radius 2 is 2.38 bits per heavy atom. The first-order chi connectivity index (χ1) is 6.22. The Balaban J connectivity index is 2.33. The molecule has 13 heavy (non-hydrogen) atoms. The predicted molar refractivity (Wildman–Crippen MR) is 54.7 cm³/mol. The van der Waals surface area contributed by atoms with E-state index in [-0.39, 0.29) is 0 Å². The van der Waals surface area contributed by atoms with Crippen LogP contribution in [0.2, 0.25) is 0 Å². The van der Waals surface area contributed by atoms with Gasteiger partial charge in [0.1, 0.15) is 5.78 Å². The maximum Gasteiger partial charge on any atom is 0.130 e. The molecule has 1 aliphatic rings. The zero-order valence-corrected chi connectivity index (χ0v) is 8.68. The monoisotopic (exact) mass is 181 g/mol. The lowest BCUT2D eigenvalue weighted by atomic mass is 10.0. The summed E-state index contributed by atoms with van der Waals surface area (Å²) in [6, 6.07) is 0. The lowest BCUT2D eigenvalue weighted by Gasteiger charge is -2.25. The molecule has 0 amide bonds. The van der Waals surface area contributed by atoms with Gasteiger partial charge in [-0.3, -0.25) is 4.90 Å². The molecule has 0 N–H and O–H groups in total. The van der Waals surface area contributed by atoms with E-state index in [0.29, 0.717) is 12.2 Å². The van der Waals surface area contributed by atoms with E-state index in [4.69, 9.17) is 0 Å². The zero-order chi connectivity index (χ0) is 9.68. The van der Waals surface area contributed by atoms with Crippen molar-refractivity contribution in [1.29, 1.82) is 0 Å². The lowest BCUT2D eigenvalue weighted by Crippen LogP contribution is -2.29. The van der Waals surface area contributed by atoms with Crippen molar-refractivity contribution in [2.75, 3.05) is 19.6 Å². The fourth-order valence-electron chi connectivity index (χ4n) is 1.67. The molecule has 0 bridgehead atoms. The van der Waals surface area contributed by atoms with Crippen LogP contribution < -0.4 is 0 Å². The first-order valence-corrected chi connectivity index (χ1v) is 5.12. The third-order valence-electron chi connectivity index (χ3n) is 2.55. The minimum absolute atomic E-state index is 0.300. The average molecular weight is 181 g/mol. The van der Waals surface area contributed by atoms with Crippen LogP contribution in [0.1, 0.15) is 33.1 Å². The molecule has 0 aromatic heterocycles. The number of hydrogen-bond acceptors (Lipinski definition) is 2. The lowest BCUT2D eigenvalue weighted by molar-refractivity contribution is -0.116. The van der Waals surface area contributed by atoms with E-state index in [9.17, 15) is 4.79 Å². The second kappa shape index (κ2) is 5.18. The predicted octanol–water partition coefficient (Wildman–Crippen LogP) is 2.01. The van der Waals surface area contributed by atoms with Crippen LogP contribution in [0.25, 0.3) is 0 Å². The van der Waals surface area contributed by atoms with Gasteiger partial charge in [-0.1, -0.05) is 18.6 Å². The van der Waals surface area contributed by atoms with Crippen LogP contribution >= 0.6 is 0 Å². The number of likely N-dealkylation sites (N-methyl/N-ethyl adjacent to an activating group) is 1. The summed E-state index contributed by atoms with van der Waals surface area (Å²) in [5.74, 6) is 0.300. The Morgan fingerprint density at radius 1 is 1.62 bits per heavy atom. The Hall–Kier alpha value is -0.630. The molecule has 1 rings (SSSR count). The minimum atomic E-state index is 0.300. The van der Waals surface area contributed by atoms with Crippen molar-refractivity contribution in [3.8, 4) is 0 Å². The van der Waals surface area contributed by atoms with E-state index in [2.05, 4.69) is 17.9 Å². The van der Waals surface area contributed by atoms with Crippen LogP contribution in [-0.2, 0) is 4.79 Å². The molecule has 0 atom stereocenters. The van der Waals surface area contributed by atoms with Gasteiger partial charge in [0, 0.05) is 19.5 Å². The number of Topliss-reactive ketones (excluding diaryl/α,β-unsaturated/α-hetero) is 1. The SMILES string of the molecule is CCN1CCC=C(CCC(C)=O)C1. The highest BCUT2D eigenvalue weighted by Crippen LogP contribution is 2.14. The van der Waals surface area contributed by atoms with E-state index in [1.54, 1.807) is 6.92 Å². The summed E-state index contributed by atoms with van der Waals surface area (Å²) in [7, 11) is 0. The van der Waals surface area contributed by atoms with Crippen LogP contribution in [0.15, 0.2) is 11.6 Å². The van der Waals surface area contributed by atoms with Gasteiger partial charge in [0.05, 0.1) is 0 Å². The molecule has 0 aliphatic carbocycles. The Bertz CT molecular complexity index is 208. The first-order valence-electron chi connectivity index (χ1n) is 5.12. The second-order valence-electron chi connectivity index (χ2n) is 3.72. The van der Waals surface area contributed by atoms with Crippen molar-refractivity contribution in [3.05, 3.63) is 11.6 Å². The second-order valence-corrected chi connectivity index (χ2v) is 3.72. The summed E-state index contributed by atoms with van der Waals surface area (Å²) in [5, 5.41) is 0. The van der Waals surface area contributed by atoms with Crippen molar-refractivity contribution >= 4 is 5.78 Å². The van der Waals surface area contributed by atoms with E-state index in [0.717, 1.165) is 25.9 Å². The molecule has 1 heterocycles. The van der Waals surface area contributed by atoms with Crippen molar-refractivity contribution in [1.82, 2.24) is 4.90 Å².